The predicted octanol–water partition coefficient (Wildman–Crippen LogP) is 4.30. The molecule has 1 aromatic heterocycles. The number of rotatable bonds is 2. The standard InChI is InChI=1S/C20H15BrO4/c1-11-2-7-17-15(8-11)19-16(20(23)25-17)9-13(10-24-19)18(22)12-3-5-14(21)6-4-12/h2-8,13H,9-10H2,1H3/t13-/m1/s1. The van der Waals surface area contributed by atoms with E-state index in [4.69, 9.17) is 9.15 Å². The van der Waals surface area contributed by atoms with Crippen molar-refractivity contribution in [2.45, 2.75) is 13.3 Å². The van der Waals surface area contributed by atoms with E-state index < -0.39 is 5.63 Å². The van der Waals surface area contributed by atoms with Crippen molar-refractivity contribution in [1.29, 1.82) is 0 Å². The van der Waals surface area contributed by atoms with E-state index in [9.17, 15) is 9.59 Å². The van der Waals surface area contributed by atoms with Crippen LogP contribution in [0.5, 0.6) is 5.75 Å². The third kappa shape index (κ3) is 2.89. The number of benzene rings is 2. The Bertz CT molecular complexity index is 1030. The second-order valence-electron chi connectivity index (χ2n) is 6.28. The Morgan fingerprint density at radius 1 is 1.16 bits per heavy atom. The molecule has 0 saturated heterocycles. The minimum absolute atomic E-state index is 0.0260. The van der Waals surface area contributed by atoms with Gasteiger partial charge in [-0.1, -0.05) is 39.7 Å². The van der Waals surface area contributed by atoms with Crippen LogP contribution in [0, 0.1) is 12.8 Å². The maximum atomic E-state index is 12.7. The molecule has 0 N–H and O–H groups in total. The summed E-state index contributed by atoms with van der Waals surface area (Å²) in [5.41, 5.74) is 2.19. The van der Waals surface area contributed by atoms with E-state index >= 15 is 0 Å². The normalized spacial score (nSPS) is 16.3. The van der Waals surface area contributed by atoms with Crippen LogP contribution in [0.4, 0.5) is 0 Å². The summed E-state index contributed by atoms with van der Waals surface area (Å²) in [6.45, 7) is 2.23. The fourth-order valence-corrected chi connectivity index (χ4v) is 3.44. The first-order chi connectivity index (χ1) is 12.0. The monoisotopic (exact) mass is 398 g/mol. The number of carbonyl (C=O) groups excluding carboxylic acids is 1. The molecule has 0 spiro atoms. The van der Waals surface area contributed by atoms with Gasteiger partial charge < -0.3 is 9.15 Å². The molecule has 126 valence electrons. The number of ketones is 1. The van der Waals surface area contributed by atoms with Gasteiger partial charge in [0.05, 0.1) is 23.5 Å². The van der Waals surface area contributed by atoms with Crippen LogP contribution in [0.3, 0.4) is 0 Å². The number of hydrogen-bond donors (Lipinski definition) is 0. The van der Waals surface area contributed by atoms with E-state index in [2.05, 4.69) is 15.9 Å². The van der Waals surface area contributed by atoms with Gasteiger partial charge in [0.2, 0.25) is 0 Å². The summed E-state index contributed by atoms with van der Waals surface area (Å²) in [5.74, 6) is 0.135. The molecule has 4 nitrogen and oxygen atoms in total. The minimum atomic E-state index is -0.431. The second-order valence-corrected chi connectivity index (χ2v) is 7.20. The molecule has 2 heterocycles. The van der Waals surface area contributed by atoms with E-state index in [1.165, 1.54) is 0 Å². The summed E-state index contributed by atoms with van der Waals surface area (Å²) in [4.78, 5) is 25.1. The van der Waals surface area contributed by atoms with Gasteiger partial charge in [-0.3, -0.25) is 4.79 Å². The molecule has 3 aromatic rings. The SMILES string of the molecule is Cc1ccc2oc(=O)c3c(c2c1)OC[C@H](C(=O)c1ccc(Br)cc1)C3. The molecule has 2 aromatic carbocycles. The molecule has 1 atom stereocenters. The lowest BCUT2D eigenvalue weighted by Crippen LogP contribution is -2.31. The van der Waals surface area contributed by atoms with E-state index in [-0.39, 0.29) is 18.3 Å². The fraction of sp³-hybridized carbons (Fsp3) is 0.200. The molecular weight excluding hydrogens is 384 g/mol. The van der Waals surface area contributed by atoms with Crippen molar-refractivity contribution in [2.24, 2.45) is 5.92 Å². The van der Waals surface area contributed by atoms with Crippen molar-refractivity contribution in [2.75, 3.05) is 6.61 Å². The third-order valence-electron chi connectivity index (χ3n) is 4.48. The molecule has 0 saturated carbocycles. The van der Waals surface area contributed by atoms with Gasteiger partial charge in [0.15, 0.2) is 5.78 Å². The summed E-state index contributed by atoms with van der Waals surface area (Å²) < 4.78 is 12.2. The Balaban J connectivity index is 1.73. The molecular formula is C20H15BrO4. The zero-order valence-corrected chi connectivity index (χ0v) is 15.1. The van der Waals surface area contributed by atoms with Crippen molar-refractivity contribution in [3.05, 3.63) is 74.0 Å². The van der Waals surface area contributed by atoms with Crippen LogP contribution < -0.4 is 10.4 Å². The van der Waals surface area contributed by atoms with Crippen LogP contribution in [0.25, 0.3) is 11.0 Å². The molecule has 4 rings (SSSR count). The number of hydrogen-bond acceptors (Lipinski definition) is 4. The molecule has 0 radical (unpaired) electrons. The third-order valence-corrected chi connectivity index (χ3v) is 5.01. The number of ether oxygens (including phenoxy) is 1. The summed E-state index contributed by atoms with van der Waals surface area (Å²) in [6.07, 6.45) is 0.330. The Morgan fingerprint density at radius 3 is 2.68 bits per heavy atom. The quantitative estimate of drug-likeness (QED) is 0.476. The lowest BCUT2D eigenvalue weighted by atomic mass is 9.90. The predicted molar refractivity (Wildman–Crippen MR) is 98.4 cm³/mol. The Hall–Kier alpha value is -2.40. The molecule has 0 unspecified atom stereocenters. The van der Waals surface area contributed by atoms with Crippen molar-refractivity contribution in [1.82, 2.24) is 0 Å². The highest BCUT2D eigenvalue weighted by Crippen LogP contribution is 2.34. The van der Waals surface area contributed by atoms with Crippen LogP contribution in [0.2, 0.25) is 0 Å². The van der Waals surface area contributed by atoms with Gasteiger partial charge in [0.25, 0.3) is 0 Å². The minimum Gasteiger partial charge on any atom is -0.491 e. The van der Waals surface area contributed by atoms with Crippen LogP contribution in [-0.2, 0) is 6.42 Å². The molecule has 0 bridgehead atoms. The van der Waals surface area contributed by atoms with E-state index in [1.807, 2.05) is 31.2 Å². The molecule has 0 fully saturated rings. The summed E-state index contributed by atoms with van der Waals surface area (Å²) in [5, 5.41) is 0.782. The number of Topliss-reactive ketones (excluding diaryl/α,β-unsaturated/α-hetero) is 1. The number of fused-ring (bicyclic) bond motifs is 3. The average molecular weight is 399 g/mol. The maximum Gasteiger partial charge on any atom is 0.343 e. The molecule has 1 aliphatic heterocycles. The van der Waals surface area contributed by atoms with Gasteiger partial charge >= 0.3 is 5.63 Å². The zero-order valence-electron chi connectivity index (χ0n) is 13.5. The highest BCUT2D eigenvalue weighted by Gasteiger charge is 2.30. The van der Waals surface area contributed by atoms with Crippen LogP contribution in [0.15, 0.2) is 56.1 Å². The van der Waals surface area contributed by atoms with Crippen LogP contribution in [0.1, 0.15) is 21.5 Å². The Labute approximate surface area is 152 Å². The van der Waals surface area contributed by atoms with Crippen LogP contribution in [-0.4, -0.2) is 12.4 Å². The second kappa shape index (κ2) is 6.15. The van der Waals surface area contributed by atoms with Crippen molar-refractivity contribution >= 4 is 32.7 Å². The molecule has 5 heteroatoms. The molecule has 1 aliphatic rings. The number of halogens is 1. The number of aryl methyl sites for hydroxylation is 1. The van der Waals surface area contributed by atoms with E-state index in [0.717, 1.165) is 15.4 Å². The van der Waals surface area contributed by atoms with E-state index in [1.54, 1.807) is 18.2 Å². The number of carbonyl (C=O) groups is 1. The summed E-state index contributed by atoms with van der Waals surface area (Å²) in [7, 11) is 0. The van der Waals surface area contributed by atoms with Crippen LogP contribution >= 0.6 is 15.9 Å². The Kier molecular flexibility index (Phi) is 3.96. The molecule has 0 amide bonds. The fourth-order valence-electron chi connectivity index (χ4n) is 3.18. The molecule has 25 heavy (non-hydrogen) atoms. The highest BCUT2D eigenvalue weighted by molar-refractivity contribution is 9.10. The Morgan fingerprint density at radius 2 is 1.92 bits per heavy atom. The lowest BCUT2D eigenvalue weighted by molar-refractivity contribution is 0.0854. The maximum absolute atomic E-state index is 12.7. The zero-order chi connectivity index (χ0) is 17.6. The first kappa shape index (κ1) is 16.1. The summed E-state index contributed by atoms with van der Waals surface area (Å²) >= 11 is 3.36. The lowest BCUT2D eigenvalue weighted by Gasteiger charge is -2.24. The van der Waals surface area contributed by atoms with Gasteiger partial charge in [0, 0.05) is 10.0 Å². The first-order valence-electron chi connectivity index (χ1n) is 8.02. The van der Waals surface area contributed by atoms with Crippen molar-refractivity contribution in [3.63, 3.8) is 0 Å². The van der Waals surface area contributed by atoms with Gasteiger partial charge in [-0.05, 0) is 37.6 Å². The van der Waals surface area contributed by atoms with Gasteiger partial charge in [0.1, 0.15) is 11.3 Å². The van der Waals surface area contributed by atoms with Crippen molar-refractivity contribution in [3.8, 4) is 5.75 Å². The first-order valence-corrected chi connectivity index (χ1v) is 8.81. The van der Waals surface area contributed by atoms with Gasteiger partial charge in [-0.25, -0.2) is 4.79 Å². The van der Waals surface area contributed by atoms with Gasteiger partial charge in [-0.2, -0.15) is 0 Å². The smallest absolute Gasteiger partial charge is 0.343 e. The summed E-state index contributed by atoms with van der Waals surface area (Å²) in [6, 6.07) is 12.8. The average Bonchev–Trinajstić information content (AvgIpc) is 2.62. The highest BCUT2D eigenvalue weighted by atomic mass is 79.9. The molecule has 0 aliphatic carbocycles. The topological polar surface area (TPSA) is 56.5 Å². The van der Waals surface area contributed by atoms with Gasteiger partial charge in [-0.15, -0.1) is 0 Å². The largest absolute Gasteiger partial charge is 0.491 e. The van der Waals surface area contributed by atoms with Crippen molar-refractivity contribution < 1.29 is 13.9 Å². The van der Waals surface area contributed by atoms with E-state index in [0.29, 0.717) is 28.9 Å².